The maximum Gasteiger partial charge on any atom is 0.255 e. The Bertz CT molecular complexity index is 368. The number of H-pyrrole nitrogens is 1. The van der Waals surface area contributed by atoms with E-state index in [0.717, 1.165) is 12.4 Å². The van der Waals surface area contributed by atoms with E-state index in [1.165, 1.54) is 0 Å². The third-order valence-electron chi connectivity index (χ3n) is 2.06. The van der Waals surface area contributed by atoms with E-state index in [0.29, 0.717) is 11.4 Å². The molecule has 14 heavy (non-hydrogen) atoms. The van der Waals surface area contributed by atoms with E-state index >= 15 is 0 Å². The fourth-order valence-corrected chi connectivity index (χ4v) is 1.16. The summed E-state index contributed by atoms with van der Waals surface area (Å²) in [7, 11) is 0. The highest BCUT2D eigenvalue weighted by Crippen LogP contribution is 2.11. The van der Waals surface area contributed by atoms with E-state index < -0.39 is 0 Å². The average Bonchev–Trinajstić information content (AvgIpc) is 2.12. The Morgan fingerprint density at radius 1 is 1.50 bits per heavy atom. The molecule has 0 bridgehead atoms. The summed E-state index contributed by atoms with van der Waals surface area (Å²) in [6, 6.07) is 0. The molecule has 0 spiro atoms. The number of anilines is 1. The van der Waals surface area contributed by atoms with Crippen LogP contribution in [0.1, 0.15) is 38.1 Å². The van der Waals surface area contributed by atoms with Crippen molar-refractivity contribution in [3.63, 3.8) is 0 Å². The van der Waals surface area contributed by atoms with Crippen molar-refractivity contribution in [2.75, 3.05) is 11.9 Å². The predicted molar refractivity (Wildman–Crippen MR) is 57.8 cm³/mol. The first-order valence-electron chi connectivity index (χ1n) is 4.91. The van der Waals surface area contributed by atoms with Crippen molar-refractivity contribution in [3.05, 3.63) is 21.7 Å². The Morgan fingerprint density at radius 2 is 2.14 bits per heavy atom. The Hall–Kier alpha value is -1.32. The summed E-state index contributed by atoms with van der Waals surface area (Å²) >= 11 is 0. The molecule has 0 aliphatic heterocycles. The third-order valence-corrected chi connectivity index (χ3v) is 2.06. The fraction of sp³-hybridized carbons (Fsp3) is 0.600. The molecular weight excluding hydrogens is 178 g/mol. The number of nitrogens with one attached hydrogen (secondary N) is 2. The Balaban J connectivity index is 3.21. The normalized spacial score (nSPS) is 10.6. The molecule has 0 amide bonds. The van der Waals surface area contributed by atoms with Gasteiger partial charge in [0.05, 0.1) is 5.56 Å². The molecule has 1 aromatic rings. The maximum absolute atomic E-state index is 11.5. The maximum atomic E-state index is 11.5. The van der Waals surface area contributed by atoms with E-state index in [1.807, 2.05) is 20.8 Å². The van der Waals surface area contributed by atoms with Crippen LogP contribution in [-0.4, -0.2) is 16.5 Å². The third kappa shape index (κ3) is 2.13. The number of hydrogen-bond acceptors (Lipinski definition) is 3. The lowest BCUT2D eigenvalue weighted by Crippen LogP contribution is -2.18. The topological polar surface area (TPSA) is 57.8 Å². The monoisotopic (exact) mass is 195 g/mol. The number of aromatic amines is 1. The van der Waals surface area contributed by atoms with Crippen LogP contribution in [0.4, 0.5) is 5.82 Å². The molecule has 78 valence electrons. The van der Waals surface area contributed by atoms with Crippen LogP contribution in [0.15, 0.2) is 4.79 Å². The average molecular weight is 195 g/mol. The van der Waals surface area contributed by atoms with Gasteiger partial charge in [0.2, 0.25) is 0 Å². The highest BCUT2D eigenvalue weighted by molar-refractivity contribution is 5.41. The summed E-state index contributed by atoms with van der Waals surface area (Å²) in [6.45, 7) is 8.53. The van der Waals surface area contributed by atoms with Crippen LogP contribution in [0.25, 0.3) is 0 Å². The zero-order valence-corrected chi connectivity index (χ0v) is 9.14. The molecule has 0 unspecified atom stereocenters. The molecule has 1 heterocycles. The van der Waals surface area contributed by atoms with E-state index in [-0.39, 0.29) is 11.5 Å². The standard InChI is InChI=1S/C10H17N3O/c1-5-11-9-7(4)10(14)13-8(12-9)6(2)3/h6H,5H2,1-4H3,(H2,11,12,13,14). The number of aromatic nitrogens is 2. The molecule has 0 radical (unpaired) electrons. The van der Waals surface area contributed by atoms with Gasteiger partial charge in [0.1, 0.15) is 11.6 Å². The molecule has 0 aliphatic carbocycles. The molecule has 1 rings (SSSR count). The molecule has 4 nitrogen and oxygen atoms in total. The van der Waals surface area contributed by atoms with Gasteiger partial charge >= 0.3 is 0 Å². The van der Waals surface area contributed by atoms with Crippen LogP contribution in [-0.2, 0) is 0 Å². The van der Waals surface area contributed by atoms with Gasteiger partial charge in [-0.05, 0) is 13.8 Å². The minimum absolute atomic E-state index is 0.0559. The number of nitrogens with zero attached hydrogens (tertiary/aromatic N) is 1. The molecular formula is C10H17N3O. The van der Waals surface area contributed by atoms with Gasteiger partial charge in [-0.1, -0.05) is 13.8 Å². The van der Waals surface area contributed by atoms with E-state index in [1.54, 1.807) is 6.92 Å². The van der Waals surface area contributed by atoms with Gasteiger partial charge in [-0.25, -0.2) is 4.98 Å². The summed E-state index contributed by atoms with van der Waals surface area (Å²) in [5, 5.41) is 3.08. The van der Waals surface area contributed by atoms with Crippen molar-refractivity contribution in [2.24, 2.45) is 0 Å². The van der Waals surface area contributed by atoms with Crippen LogP contribution >= 0.6 is 0 Å². The van der Waals surface area contributed by atoms with Crippen LogP contribution in [0, 0.1) is 6.92 Å². The summed E-state index contributed by atoms with van der Waals surface area (Å²) < 4.78 is 0. The molecule has 1 aromatic heterocycles. The highest BCUT2D eigenvalue weighted by atomic mass is 16.1. The van der Waals surface area contributed by atoms with Crippen molar-refractivity contribution in [2.45, 2.75) is 33.6 Å². The Labute approximate surface area is 83.8 Å². The molecule has 0 fully saturated rings. The minimum Gasteiger partial charge on any atom is -0.370 e. The van der Waals surface area contributed by atoms with Crippen molar-refractivity contribution < 1.29 is 0 Å². The van der Waals surface area contributed by atoms with Crippen molar-refractivity contribution in [3.8, 4) is 0 Å². The molecule has 0 atom stereocenters. The second-order valence-corrected chi connectivity index (χ2v) is 3.61. The van der Waals surface area contributed by atoms with E-state index in [9.17, 15) is 4.79 Å². The lowest BCUT2D eigenvalue weighted by atomic mass is 10.2. The smallest absolute Gasteiger partial charge is 0.255 e. The molecule has 0 aliphatic rings. The highest BCUT2D eigenvalue weighted by Gasteiger charge is 2.08. The first-order valence-corrected chi connectivity index (χ1v) is 4.91. The van der Waals surface area contributed by atoms with Gasteiger partial charge < -0.3 is 10.3 Å². The van der Waals surface area contributed by atoms with Gasteiger partial charge in [0.15, 0.2) is 0 Å². The lowest BCUT2D eigenvalue weighted by molar-refractivity contribution is 0.763. The zero-order valence-electron chi connectivity index (χ0n) is 9.14. The summed E-state index contributed by atoms with van der Waals surface area (Å²) in [5.74, 6) is 1.66. The Kier molecular flexibility index (Phi) is 3.28. The SMILES string of the molecule is CCNc1nc(C(C)C)[nH]c(=O)c1C. The van der Waals surface area contributed by atoms with Crippen LogP contribution in [0.5, 0.6) is 0 Å². The second kappa shape index (κ2) is 4.26. The first kappa shape index (κ1) is 10.8. The molecule has 4 heteroatoms. The predicted octanol–water partition coefficient (Wildman–Crippen LogP) is 1.63. The molecule has 0 saturated carbocycles. The molecule has 0 saturated heterocycles. The molecule has 0 aromatic carbocycles. The summed E-state index contributed by atoms with van der Waals surface area (Å²) in [5.41, 5.74) is 0.593. The van der Waals surface area contributed by atoms with E-state index in [2.05, 4.69) is 15.3 Å². The van der Waals surface area contributed by atoms with Gasteiger partial charge in [-0.3, -0.25) is 4.79 Å². The van der Waals surface area contributed by atoms with Gasteiger partial charge in [0.25, 0.3) is 5.56 Å². The van der Waals surface area contributed by atoms with Crippen molar-refractivity contribution >= 4 is 5.82 Å². The van der Waals surface area contributed by atoms with Gasteiger partial charge in [-0.15, -0.1) is 0 Å². The largest absolute Gasteiger partial charge is 0.370 e. The number of hydrogen-bond donors (Lipinski definition) is 2. The van der Waals surface area contributed by atoms with Crippen molar-refractivity contribution in [1.29, 1.82) is 0 Å². The van der Waals surface area contributed by atoms with Crippen molar-refractivity contribution in [1.82, 2.24) is 9.97 Å². The lowest BCUT2D eigenvalue weighted by Gasteiger charge is -2.09. The van der Waals surface area contributed by atoms with Crippen LogP contribution < -0.4 is 10.9 Å². The van der Waals surface area contributed by atoms with E-state index in [4.69, 9.17) is 0 Å². The van der Waals surface area contributed by atoms with Gasteiger partial charge in [-0.2, -0.15) is 0 Å². The Morgan fingerprint density at radius 3 is 2.64 bits per heavy atom. The summed E-state index contributed by atoms with van der Waals surface area (Å²) in [6.07, 6.45) is 0. The van der Waals surface area contributed by atoms with Gasteiger partial charge in [0, 0.05) is 12.5 Å². The summed E-state index contributed by atoms with van der Waals surface area (Å²) in [4.78, 5) is 18.6. The fourth-order valence-electron chi connectivity index (χ4n) is 1.16. The zero-order chi connectivity index (χ0) is 10.7. The van der Waals surface area contributed by atoms with Crippen LogP contribution in [0.3, 0.4) is 0 Å². The first-order chi connectivity index (χ1) is 6.56. The van der Waals surface area contributed by atoms with Crippen LogP contribution in [0.2, 0.25) is 0 Å². The minimum atomic E-state index is -0.0559. The molecule has 2 N–H and O–H groups in total. The number of rotatable bonds is 3. The quantitative estimate of drug-likeness (QED) is 0.770. The second-order valence-electron chi connectivity index (χ2n) is 3.61.